The first-order valence-corrected chi connectivity index (χ1v) is 8.88. The van der Waals surface area contributed by atoms with Gasteiger partial charge in [0.05, 0.1) is 0 Å². The lowest BCUT2D eigenvalue weighted by Crippen LogP contribution is -2.41. The van der Waals surface area contributed by atoms with Gasteiger partial charge in [0, 0.05) is 30.9 Å². The van der Waals surface area contributed by atoms with Gasteiger partial charge in [0.2, 0.25) is 0 Å². The maximum atomic E-state index is 14.0. The molecule has 2 aliphatic rings. The molecule has 0 aliphatic carbocycles. The number of carbonyl (C=O) groups is 1. The van der Waals surface area contributed by atoms with Crippen molar-refractivity contribution in [1.29, 1.82) is 0 Å². The molecule has 0 bridgehead atoms. The van der Waals surface area contributed by atoms with Crippen molar-refractivity contribution >= 4 is 11.8 Å². The number of nitrogens with zero attached hydrogens (tertiary/aromatic N) is 1. The van der Waals surface area contributed by atoms with Crippen molar-refractivity contribution in [2.45, 2.75) is 58.0 Å². The Morgan fingerprint density at radius 1 is 1.29 bits per heavy atom. The molecule has 3 rings (SSSR count). The second kappa shape index (κ2) is 6.61. The van der Waals surface area contributed by atoms with Crippen molar-refractivity contribution in [1.82, 2.24) is 4.90 Å². The molecule has 0 unspecified atom stereocenters. The highest BCUT2D eigenvalue weighted by molar-refractivity contribution is 5.68. The van der Waals surface area contributed by atoms with Gasteiger partial charge in [-0.05, 0) is 64.0 Å². The van der Waals surface area contributed by atoms with Gasteiger partial charge in [-0.25, -0.2) is 9.18 Å². The summed E-state index contributed by atoms with van der Waals surface area (Å²) >= 11 is 0. The molecule has 0 radical (unpaired) electrons. The summed E-state index contributed by atoms with van der Waals surface area (Å²) < 4.78 is 19.5. The van der Waals surface area contributed by atoms with Crippen LogP contribution in [-0.2, 0) is 11.2 Å². The highest BCUT2D eigenvalue weighted by atomic mass is 19.1. The molecule has 0 aromatic heterocycles. The molecule has 1 saturated heterocycles. The molecule has 0 atom stereocenters. The van der Waals surface area contributed by atoms with Crippen LogP contribution in [0.15, 0.2) is 12.1 Å². The second-order valence-electron chi connectivity index (χ2n) is 7.76. The van der Waals surface area contributed by atoms with Gasteiger partial charge >= 0.3 is 6.09 Å². The normalized spacial score (nSPS) is 18.8. The van der Waals surface area contributed by atoms with E-state index in [0.717, 1.165) is 43.5 Å². The first kappa shape index (κ1) is 17.1. The number of hydrogen-bond donors (Lipinski definition) is 1. The third kappa shape index (κ3) is 3.65. The van der Waals surface area contributed by atoms with E-state index >= 15 is 0 Å². The van der Waals surface area contributed by atoms with Crippen molar-refractivity contribution in [2.24, 2.45) is 0 Å². The fourth-order valence-electron chi connectivity index (χ4n) is 3.61. The van der Waals surface area contributed by atoms with Gasteiger partial charge in [0.1, 0.15) is 11.4 Å². The van der Waals surface area contributed by atoms with Crippen LogP contribution in [0, 0.1) is 5.82 Å². The number of likely N-dealkylation sites (tertiary alicyclic amines) is 1. The van der Waals surface area contributed by atoms with Crippen molar-refractivity contribution in [3.05, 3.63) is 29.1 Å². The fraction of sp³-hybridized carbons (Fsp3) is 0.632. The zero-order valence-corrected chi connectivity index (χ0v) is 14.8. The van der Waals surface area contributed by atoms with E-state index in [1.54, 1.807) is 11.0 Å². The highest BCUT2D eigenvalue weighted by Crippen LogP contribution is 2.38. The van der Waals surface area contributed by atoms with Crippen LogP contribution in [0.3, 0.4) is 0 Å². The van der Waals surface area contributed by atoms with Crippen LogP contribution in [0.2, 0.25) is 0 Å². The number of ether oxygens (including phenoxy) is 1. The van der Waals surface area contributed by atoms with Crippen LogP contribution < -0.4 is 5.32 Å². The summed E-state index contributed by atoms with van der Waals surface area (Å²) in [6, 6.07) is 3.52. The molecule has 5 heteroatoms. The monoisotopic (exact) mass is 334 g/mol. The van der Waals surface area contributed by atoms with Gasteiger partial charge in [-0.3, -0.25) is 0 Å². The van der Waals surface area contributed by atoms with E-state index in [2.05, 4.69) is 5.32 Å². The minimum Gasteiger partial charge on any atom is -0.444 e. The molecule has 1 aromatic rings. The average Bonchev–Trinajstić information content (AvgIpc) is 2.54. The Kier molecular flexibility index (Phi) is 4.70. The van der Waals surface area contributed by atoms with Crippen molar-refractivity contribution in [2.75, 3.05) is 25.0 Å². The van der Waals surface area contributed by atoms with Gasteiger partial charge < -0.3 is 15.0 Å². The number of amides is 1. The van der Waals surface area contributed by atoms with Crippen molar-refractivity contribution < 1.29 is 13.9 Å². The third-order valence-corrected chi connectivity index (χ3v) is 4.78. The number of nitrogens with one attached hydrogen (secondary N) is 1. The minimum atomic E-state index is -0.464. The van der Waals surface area contributed by atoms with Gasteiger partial charge in [0.25, 0.3) is 0 Å². The number of rotatable bonds is 1. The molecule has 0 spiro atoms. The topological polar surface area (TPSA) is 41.6 Å². The maximum Gasteiger partial charge on any atom is 0.410 e. The summed E-state index contributed by atoms with van der Waals surface area (Å²) in [4.78, 5) is 14.0. The predicted molar refractivity (Wildman–Crippen MR) is 93.0 cm³/mol. The van der Waals surface area contributed by atoms with E-state index in [0.29, 0.717) is 19.0 Å². The number of benzene rings is 1. The summed E-state index contributed by atoms with van der Waals surface area (Å²) in [5, 5.41) is 3.39. The summed E-state index contributed by atoms with van der Waals surface area (Å²) in [6.07, 6.45) is 3.32. The Morgan fingerprint density at radius 3 is 2.67 bits per heavy atom. The van der Waals surface area contributed by atoms with Crippen LogP contribution in [0.1, 0.15) is 57.1 Å². The zero-order valence-electron chi connectivity index (χ0n) is 14.8. The molecular weight excluding hydrogens is 307 g/mol. The van der Waals surface area contributed by atoms with E-state index in [4.69, 9.17) is 4.74 Å². The summed E-state index contributed by atoms with van der Waals surface area (Å²) in [6.45, 7) is 7.92. The second-order valence-corrected chi connectivity index (χ2v) is 7.76. The lowest BCUT2D eigenvalue weighted by Gasteiger charge is -2.35. The quantitative estimate of drug-likeness (QED) is 0.832. The Balaban J connectivity index is 1.68. The number of carbonyl (C=O) groups excluding carboxylic acids is 1. The van der Waals surface area contributed by atoms with E-state index in [9.17, 15) is 9.18 Å². The molecule has 1 aromatic carbocycles. The van der Waals surface area contributed by atoms with Gasteiger partial charge in [0.15, 0.2) is 0 Å². The van der Waals surface area contributed by atoms with Gasteiger partial charge in [-0.15, -0.1) is 0 Å². The molecule has 132 valence electrons. The van der Waals surface area contributed by atoms with Crippen molar-refractivity contribution in [3.63, 3.8) is 0 Å². The summed E-state index contributed by atoms with van der Waals surface area (Å²) in [5.74, 6) is 0.260. The first-order valence-electron chi connectivity index (χ1n) is 8.88. The van der Waals surface area contributed by atoms with Crippen LogP contribution in [0.5, 0.6) is 0 Å². The minimum absolute atomic E-state index is 0.104. The Morgan fingerprint density at radius 2 is 2.00 bits per heavy atom. The largest absolute Gasteiger partial charge is 0.444 e. The number of hydrogen-bond acceptors (Lipinski definition) is 3. The van der Waals surface area contributed by atoms with Crippen LogP contribution >= 0.6 is 0 Å². The lowest BCUT2D eigenvalue weighted by molar-refractivity contribution is 0.0205. The molecule has 2 aliphatic heterocycles. The van der Waals surface area contributed by atoms with Crippen LogP contribution in [-0.4, -0.2) is 36.2 Å². The number of halogens is 1. The van der Waals surface area contributed by atoms with E-state index in [-0.39, 0.29) is 11.9 Å². The van der Waals surface area contributed by atoms with Crippen LogP contribution in [0.4, 0.5) is 14.9 Å². The highest BCUT2D eigenvalue weighted by Gasteiger charge is 2.29. The molecule has 1 fully saturated rings. The maximum absolute atomic E-state index is 14.0. The summed E-state index contributed by atoms with van der Waals surface area (Å²) in [7, 11) is 0. The number of anilines is 1. The number of fused-ring (bicyclic) bond motifs is 1. The van der Waals surface area contributed by atoms with Gasteiger partial charge in [-0.1, -0.05) is 6.07 Å². The predicted octanol–water partition coefficient (Wildman–Crippen LogP) is 4.30. The molecule has 1 N–H and O–H groups in total. The van der Waals surface area contributed by atoms with Crippen molar-refractivity contribution in [3.8, 4) is 0 Å². The fourth-order valence-corrected chi connectivity index (χ4v) is 3.61. The summed E-state index contributed by atoms with van der Waals surface area (Å²) in [5.41, 5.74) is 2.56. The van der Waals surface area contributed by atoms with E-state index in [1.807, 2.05) is 26.8 Å². The van der Waals surface area contributed by atoms with Gasteiger partial charge in [-0.2, -0.15) is 0 Å². The molecule has 2 heterocycles. The average molecular weight is 334 g/mol. The van der Waals surface area contributed by atoms with E-state index in [1.165, 1.54) is 5.56 Å². The zero-order chi connectivity index (χ0) is 17.3. The lowest BCUT2D eigenvalue weighted by atomic mass is 9.85. The Bertz CT molecular complexity index is 617. The first-order chi connectivity index (χ1) is 11.3. The Labute approximate surface area is 143 Å². The SMILES string of the molecule is CC(C)(C)OC(=O)N1CCC(c2ccc(F)c3c2NCCC3)CC1. The number of piperidine rings is 1. The Hall–Kier alpha value is -1.78. The molecule has 24 heavy (non-hydrogen) atoms. The molecular formula is C19H27FN2O2. The smallest absolute Gasteiger partial charge is 0.410 e. The standard InChI is InChI=1S/C19H27FN2O2/c1-19(2,3)24-18(23)22-11-8-13(9-12-22)14-6-7-16(20)15-5-4-10-21-17(14)15/h6-7,13,21H,4-5,8-12H2,1-3H3. The third-order valence-electron chi connectivity index (χ3n) is 4.78. The molecule has 1 amide bonds. The molecule has 4 nitrogen and oxygen atoms in total. The van der Waals surface area contributed by atoms with E-state index < -0.39 is 5.60 Å². The van der Waals surface area contributed by atoms with Crippen LogP contribution in [0.25, 0.3) is 0 Å². The molecule has 0 saturated carbocycles.